The van der Waals surface area contributed by atoms with Crippen LogP contribution in [0.15, 0.2) is 20.9 Å². The summed E-state index contributed by atoms with van der Waals surface area (Å²) < 4.78 is 36.9. The SMILES string of the molecule is Cc1cn([C@]2(N=[N+]=[N-])O[C@H](CS(N)(=O)=O)[C@@H](OC(C)(C)C)C2[Si](C)C)c(=O)[nH]c1=O. The van der Waals surface area contributed by atoms with Gasteiger partial charge in [-0.1, -0.05) is 13.1 Å². The Morgan fingerprint density at radius 1 is 1.43 bits per heavy atom. The maximum atomic E-state index is 12.7. The van der Waals surface area contributed by atoms with Crippen molar-refractivity contribution in [2.75, 3.05) is 5.75 Å². The van der Waals surface area contributed by atoms with Crippen LogP contribution in [0.4, 0.5) is 0 Å². The first-order chi connectivity index (χ1) is 13.6. The lowest BCUT2D eigenvalue weighted by Crippen LogP contribution is -2.49. The number of hydrogen-bond acceptors (Lipinski definition) is 7. The standard InChI is InChI=1S/C16H27N6O6SSi/c1-9-7-22(14(24)19-13(9)23)16(20-21-17)12(30(5)6)11(28-15(2,3)4)10(27-16)8-29(18,25)26/h7,10-12H,8H2,1-6H3,(H2,18,25,26)(H,19,23,24)/t10-,11-,12?,16+/m1/s1. The van der Waals surface area contributed by atoms with Crippen molar-refractivity contribution in [1.82, 2.24) is 9.55 Å². The zero-order valence-electron chi connectivity index (χ0n) is 17.7. The molecule has 1 radical (unpaired) electrons. The van der Waals surface area contributed by atoms with Crippen LogP contribution in [0.5, 0.6) is 0 Å². The first-order valence-electron chi connectivity index (χ1n) is 9.17. The van der Waals surface area contributed by atoms with E-state index in [0.29, 0.717) is 0 Å². The number of primary sulfonamides is 1. The molecule has 14 heteroatoms. The summed E-state index contributed by atoms with van der Waals surface area (Å²) in [6.07, 6.45) is -0.702. The molecule has 1 aromatic rings. The van der Waals surface area contributed by atoms with Crippen molar-refractivity contribution in [3.8, 4) is 0 Å². The molecule has 1 aliphatic rings. The van der Waals surface area contributed by atoms with Gasteiger partial charge in [0.05, 0.1) is 26.3 Å². The third kappa shape index (κ3) is 5.02. The second-order valence-electron chi connectivity index (χ2n) is 8.53. The molecule has 1 unspecified atom stereocenters. The van der Waals surface area contributed by atoms with Crippen LogP contribution >= 0.6 is 0 Å². The zero-order chi connectivity index (χ0) is 23.1. The summed E-state index contributed by atoms with van der Waals surface area (Å²) in [5.41, 5.74) is 6.70. The molecule has 0 saturated carbocycles. The van der Waals surface area contributed by atoms with Gasteiger partial charge in [0.1, 0.15) is 6.10 Å². The third-order valence-corrected chi connectivity index (χ3v) is 7.33. The molecule has 30 heavy (non-hydrogen) atoms. The van der Waals surface area contributed by atoms with Crippen molar-refractivity contribution >= 4 is 18.8 Å². The summed E-state index contributed by atoms with van der Waals surface area (Å²) in [6.45, 7) is 10.7. The van der Waals surface area contributed by atoms with Crippen LogP contribution in [0.2, 0.25) is 18.6 Å². The van der Waals surface area contributed by atoms with Crippen molar-refractivity contribution in [3.05, 3.63) is 43.0 Å². The van der Waals surface area contributed by atoms with Crippen molar-refractivity contribution in [2.45, 2.75) is 70.0 Å². The Morgan fingerprint density at radius 3 is 2.50 bits per heavy atom. The molecule has 167 valence electrons. The number of aromatic amines is 1. The molecule has 0 bridgehead atoms. The van der Waals surface area contributed by atoms with Gasteiger partial charge in [-0.3, -0.25) is 14.3 Å². The molecular formula is C16H27N6O6SSi. The molecule has 12 nitrogen and oxygen atoms in total. The normalized spacial score (nSPS) is 27.3. The van der Waals surface area contributed by atoms with Crippen LogP contribution in [-0.2, 0) is 25.3 Å². The third-order valence-electron chi connectivity index (χ3n) is 4.59. The van der Waals surface area contributed by atoms with Gasteiger partial charge < -0.3 is 9.47 Å². The predicted molar refractivity (Wildman–Crippen MR) is 112 cm³/mol. The fraction of sp³-hybridized carbons (Fsp3) is 0.750. The van der Waals surface area contributed by atoms with E-state index in [1.54, 1.807) is 20.8 Å². The molecular weight excluding hydrogens is 432 g/mol. The fourth-order valence-electron chi connectivity index (χ4n) is 3.62. The van der Waals surface area contributed by atoms with E-state index in [1.807, 2.05) is 13.1 Å². The summed E-state index contributed by atoms with van der Waals surface area (Å²) in [5.74, 6) is -2.52. The van der Waals surface area contributed by atoms with Gasteiger partial charge in [-0.2, -0.15) is 0 Å². The maximum Gasteiger partial charge on any atom is 0.330 e. The Labute approximate surface area is 175 Å². The minimum Gasteiger partial charge on any atom is -0.370 e. The summed E-state index contributed by atoms with van der Waals surface area (Å²) in [5, 5.41) is 9.09. The smallest absolute Gasteiger partial charge is 0.330 e. The highest BCUT2D eigenvalue weighted by Gasteiger charge is 2.60. The topological polar surface area (TPSA) is 182 Å². The Morgan fingerprint density at radius 2 is 2.03 bits per heavy atom. The van der Waals surface area contributed by atoms with E-state index in [1.165, 1.54) is 13.1 Å². The zero-order valence-corrected chi connectivity index (χ0v) is 19.6. The van der Waals surface area contributed by atoms with Crippen LogP contribution in [0, 0.1) is 6.92 Å². The average molecular weight is 460 g/mol. The van der Waals surface area contributed by atoms with Crippen LogP contribution in [0.25, 0.3) is 10.4 Å². The number of nitrogens with zero attached hydrogens (tertiary/aromatic N) is 4. The Balaban J connectivity index is 2.83. The Bertz CT molecular complexity index is 1070. The van der Waals surface area contributed by atoms with E-state index >= 15 is 0 Å². The molecule has 0 amide bonds. The number of nitrogens with two attached hydrogens (primary N) is 1. The number of aromatic nitrogens is 2. The molecule has 1 fully saturated rings. The second-order valence-corrected chi connectivity index (χ2v) is 13.0. The van der Waals surface area contributed by atoms with Crippen molar-refractivity contribution in [2.24, 2.45) is 10.3 Å². The number of rotatable bonds is 6. The average Bonchev–Trinajstić information content (AvgIpc) is 2.81. The number of azide groups is 1. The highest BCUT2D eigenvalue weighted by atomic mass is 32.2. The van der Waals surface area contributed by atoms with E-state index in [0.717, 1.165) is 4.57 Å². The number of nitrogens with one attached hydrogen (secondary N) is 1. The summed E-state index contributed by atoms with van der Waals surface area (Å²) in [7, 11) is -5.43. The molecule has 1 aromatic heterocycles. The minimum absolute atomic E-state index is 0.189. The van der Waals surface area contributed by atoms with Gasteiger partial charge >= 0.3 is 5.69 Å². The quantitative estimate of drug-likeness (QED) is 0.274. The lowest BCUT2D eigenvalue weighted by atomic mass is 10.1. The van der Waals surface area contributed by atoms with Gasteiger partial charge in [-0.25, -0.2) is 18.4 Å². The van der Waals surface area contributed by atoms with Crippen molar-refractivity contribution in [3.63, 3.8) is 0 Å². The fourth-order valence-corrected chi connectivity index (χ4v) is 6.29. The van der Waals surface area contributed by atoms with Gasteiger partial charge in [-0.05, 0) is 38.3 Å². The minimum atomic E-state index is -3.99. The van der Waals surface area contributed by atoms with Crippen molar-refractivity contribution < 1.29 is 17.9 Å². The van der Waals surface area contributed by atoms with Crippen LogP contribution in [0.1, 0.15) is 26.3 Å². The largest absolute Gasteiger partial charge is 0.370 e. The van der Waals surface area contributed by atoms with Gasteiger partial charge in [0.2, 0.25) is 15.9 Å². The molecule has 2 heterocycles. The van der Waals surface area contributed by atoms with E-state index in [2.05, 4.69) is 15.0 Å². The first kappa shape index (κ1) is 24.3. The van der Waals surface area contributed by atoms with Gasteiger partial charge in [0.25, 0.3) is 5.56 Å². The summed E-state index contributed by atoms with van der Waals surface area (Å²) in [6, 6.07) is 0. The summed E-state index contributed by atoms with van der Waals surface area (Å²) >= 11 is 0. The molecule has 1 saturated heterocycles. The number of H-pyrrole nitrogens is 1. The summed E-state index contributed by atoms with van der Waals surface area (Å²) in [4.78, 5) is 29.6. The van der Waals surface area contributed by atoms with Crippen molar-refractivity contribution in [1.29, 1.82) is 0 Å². The highest BCUT2D eigenvalue weighted by Crippen LogP contribution is 2.49. The molecule has 0 aliphatic carbocycles. The van der Waals surface area contributed by atoms with Crippen LogP contribution in [-0.4, -0.2) is 50.3 Å². The highest BCUT2D eigenvalue weighted by molar-refractivity contribution is 7.89. The molecule has 3 N–H and O–H groups in total. The molecule has 0 aromatic carbocycles. The lowest BCUT2D eigenvalue weighted by Gasteiger charge is -2.36. The van der Waals surface area contributed by atoms with E-state index in [9.17, 15) is 23.5 Å². The Kier molecular flexibility index (Phi) is 6.71. The second kappa shape index (κ2) is 8.28. The van der Waals surface area contributed by atoms with E-state index in [-0.39, 0.29) is 5.56 Å². The predicted octanol–water partition coefficient (Wildman–Crippen LogP) is 0.761. The molecule has 4 atom stereocenters. The van der Waals surface area contributed by atoms with E-state index in [4.69, 9.17) is 14.6 Å². The van der Waals surface area contributed by atoms with Crippen LogP contribution < -0.4 is 16.4 Å². The molecule has 0 spiro atoms. The molecule has 1 aliphatic heterocycles. The monoisotopic (exact) mass is 459 g/mol. The number of ether oxygens (including phenoxy) is 2. The van der Waals surface area contributed by atoms with Gasteiger partial charge in [0, 0.05) is 22.2 Å². The van der Waals surface area contributed by atoms with Gasteiger partial charge in [0.15, 0.2) is 0 Å². The lowest BCUT2D eigenvalue weighted by molar-refractivity contribution is -0.110. The number of sulfonamides is 1. The Hall–Kier alpha value is -1.96. The number of hydrogen-bond donors (Lipinski definition) is 2. The van der Waals surface area contributed by atoms with Gasteiger partial charge in [-0.15, -0.1) is 0 Å². The maximum absolute atomic E-state index is 12.7. The number of aryl methyl sites for hydroxylation is 1. The molecule has 2 rings (SSSR count). The van der Waals surface area contributed by atoms with E-state index < -0.39 is 65.0 Å². The van der Waals surface area contributed by atoms with Crippen LogP contribution in [0.3, 0.4) is 0 Å². The first-order valence-corrected chi connectivity index (χ1v) is 13.5.